The van der Waals surface area contributed by atoms with Crippen molar-refractivity contribution in [3.63, 3.8) is 0 Å². The first-order chi connectivity index (χ1) is 13.5. The molecule has 0 radical (unpaired) electrons. The Balaban J connectivity index is 1.63. The Kier molecular flexibility index (Phi) is 5.86. The van der Waals surface area contributed by atoms with Crippen LogP contribution in [0.25, 0.3) is 0 Å². The van der Waals surface area contributed by atoms with Gasteiger partial charge in [0.25, 0.3) is 11.8 Å². The lowest BCUT2D eigenvalue weighted by atomic mass is 10.1. The second kappa shape index (κ2) is 8.68. The summed E-state index contributed by atoms with van der Waals surface area (Å²) in [7, 11) is 0. The number of carbonyl (C=O) groups excluding carboxylic acids is 2. The molecule has 3 aromatic rings. The number of hydrazone groups is 1. The lowest BCUT2D eigenvalue weighted by Gasteiger charge is -2.07. The number of rotatable bonds is 5. The van der Waals surface area contributed by atoms with Crippen molar-refractivity contribution >= 4 is 23.7 Å². The van der Waals surface area contributed by atoms with E-state index in [0.29, 0.717) is 16.8 Å². The average molecular weight is 379 g/mol. The van der Waals surface area contributed by atoms with Gasteiger partial charge < -0.3 is 5.32 Å². The highest BCUT2D eigenvalue weighted by molar-refractivity contribution is 6.05. The highest BCUT2D eigenvalue weighted by atomic mass is 19.1. The molecule has 0 spiro atoms. The standard InChI is InChI=1S/C21H15F2N3O2/c22-17-8-4-14(5-9-17)13-24-26-21(28)16-2-1-3-19(12-16)25-20(27)15-6-10-18(23)11-7-15/h1-13H,(H,25,27)(H,26,28)/b24-13-. The van der Waals surface area contributed by atoms with Gasteiger partial charge in [0.1, 0.15) is 11.6 Å². The third-order valence-electron chi connectivity index (χ3n) is 3.74. The van der Waals surface area contributed by atoms with Gasteiger partial charge in [0.15, 0.2) is 0 Å². The quantitative estimate of drug-likeness (QED) is 0.520. The van der Waals surface area contributed by atoms with Gasteiger partial charge in [0, 0.05) is 16.8 Å². The summed E-state index contributed by atoms with van der Waals surface area (Å²) in [5, 5.41) is 6.47. The Labute approximate surface area is 159 Å². The highest BCUT2D eigenvalue weighted by Gasteiger charge is 2.09. The molecule has 0 aromatic heterocycles. The zero-order valence-electron chi connectivity index (χ0n) is 14.5. The predicted octanol–water partition coefficient (Wildman–Crippen LogP) is 3.98. The number of nitrogens with one attached hydrogen (secondary N) is 2. The summed E-state index contributed by atoms with van der Waals surface area (Å²) in [6.45, 7) is 0. The predicted molar refractivity (Wildman–Crippen MR) is 102 cm³/mol. The Bertz CT molecular complexity index is 1020. The van der Waals surface area contributed by atoms with Gasteiger partial charge in [-0.2, -0.15) is 5.10 Å². The maximum Gasteiger partial charge on any atom is 0.271 e. The second-order valence-electron chi connectivity index (χ2n) is 5.79. The van der Waals surface area contributed by atoms with E-state index in [4.69, 9.17) is 0 Å². The number of hydrogen-bond donors (Lipinski definition) is 2. The van der Waals surface area contributed by atoms with E-state index in [9.17, 15) is 18.4 Å². The van der Waals surface area contributed by atoms with E-state index in [0.717, 1.165) is 0 Å². The summed E-state index contributed by atoms with van der Waals surface area (Å²) in [6, 6.07) is 17.0. The largest absolute Gasteiger partial charge is 0.322 e. The molecule has 0 fully saturated rings. The zero-order valence-corrected chi connectivity index (χ0v) is 14.5. The fourth-order valence-electron chi connectivity index (χ4n) is 2.32. The summed E-state index contributed by atoms with van der Waals surface area (Å²) >= 11 is 0. The van der Waals surface area contributed by atoms with Crippen LogP contribution in [0, 0.1) is 11.6 Å². The minimum absolute atomic E-state index is 0.285. The van der Waals surface area contributed by atoms with Crippen LogP contribution in [0.4, 0.5) is 14.5 Å². The van der Waals surface area contributed by atoms with Crippen molar-refractivity contribution in [2.75, 3.05) is 5.32 Å². The minimum Gasteiger partial charge on any atom is -0.322 e. The normalized spacial score (nSPS) is 10.6. The number of hydrogen-bond acceptors (Lipinski definition) is 3. The van der Waals surface area contributed by atoms with Crippen LogP contribution < -0.4 is 10.7 Å². The molecule has 0 aliphatic heterocycles. The van der Waals surface area contributed by atoms with E-state index in [1.807, 2.05) is 0 Å². The van der Waals surface area contributed by atoms with Crippen LogP contribution in [0.3, 0.4) is 0 Å². The molecule has 0 aliphatic rings. The molecule has 0 saturated heterocycles. The van der Waals surface area contributed by atoms with Gasteiger partial charge in [-0.1, -0.05) is 18.2 Å². The molecule has 3 rings (SSSR count). The first kappa shape index (κ1) is 18.9. The third-order valence-corrected chi connectivity index (χ3v) is 3.74. The van der Waals surface area contributed by atoms with Crippen LogP contribution in [0.1, 0.15) is 26.3 Å². The number of amides is 2. The van der Waals surface area contributed by atoms with E-state index >= 15 is 0 Å². The smallest absolute Gasteiger partial charge is 0.271 e. The molecule has 5 nitrogen and oxygen atoms in total. The molecule has 0 bridgehead atoms. The van der Waals surface area contributed by atoms with Gasteiger partial charge in [0.05, 0.1) is 6.21 Å². The number of nitrogens with zero attached hydrogens (tertiary/aromatic N) is 1. The maximum absolute atomic E-state index is 12.9. The van der Waals surface area contributed by atoms with Crippen molar-refractivity contribution in [2.24, 2.45) is 5.10 Å². The number of halogens is 2. The van der Waals surface area contributed by atoms with E-state index in [-0.39, 0.29) is 11.4 Å². The van der Waals surface area contributed by atoms with Crippen molar-refractivity contribution in [3.8, 4) is 0 Å². The first-order valence-corrected chi connectivity index (χ1v) is 8.27. The SMILES string of the molecule is O=C(N/N=C\c1ccc(F)cc1)c1cccc(NC(=O)c2ccc(F)cc2)c1. The Morgan fingerprint density at radius 2 is 1.43 bits per heavy atom. The fourth-order valence-corrected chi connectivity index (χ4v) is 2.32. The summed E-state index contributed by atoms with van der Waals surface area (Å²) < 4.78 is 25.8. The van der Waals surface area contributed by atoms with Crippen molar-refractivity contribution in [1.82, 2.24) is 5.43 Å². The molecule has 0 saturated carbocycles. The van der Waals surface area contributed by atoms with Crippen LogP contribution in [0.15, 0.2) is 77.9 Å². The molecule has 7 heteroatoms. The molecule has 28 heavy (non-hydrogen) atoms. The van der Waals surface area contributed by atoms with Gasteiger partial charge in [-0.25, -0.2) is 14.2 Å². The Morgan fingerprint density at radius 3 is 2.11 bits per heavy atom. The van der Waals surface area contributed by atoms with Crippen molar-refractivity contribution < 1.29 is 18.4 Å². The number of anilines is 1. The summed E-state index contributed by atoms with van der Waals surface area (Å²) in [6.07, 6.45) is 1.39. The zero-order chi connectivity index (χ0) is 19.9. The third kappa shape index (κ3) is 5.07. The lowest BCUT2D eigenvalue weighted by molar-refractivity contribution is 0.0953. The Morgan fingerprint density at radius 1 is 0.786 bits per heavy atom. The molecule has 2 amide bonds. The van der Waals surface area contributed by atoms with E-state index in [2.05, 4.69) is 15.8 Å². The van der Waals surface area contributed by atoms with Gasteiger partial charge in [-0.15, -0.1) is 0 Å². The number of benzene rings is 3. The van der Waals surface area contributed by atoms with Gasteiger partial charge >= 0.3 is 0 Å². The van der Waals surface area contributed by atoms with E-state index < -0.39 is 17.6 Å². The minimum atomic E-state index is -0.476. The van der Waals surface area contributed by atoms with Gasteiger partial charge in [0.2, 0.25) is 0 Å². The average Bonchev–Trinajstić information content (AvgIpc) is 2.70. The second-order valence-corrected chi connectivity index (χ2v) is 5.79. The van der Waals surface area contributed by atoms with Crippen molar-refractivity contribution in [1.29, 1.82) is 0 Å². The van der Waals surface area contributed by atoms with E-state index in [1.165, 1.54) is 60.8 Å². The molecule has 0 unspecified atom stereocenters. The Hall–Kier alpha value is -3.87. The summed E-state index contributed by atoms with van der Waals surface area (Å²) in [5.74, 6) is -1.69. The van der Waals surface area contributed by atoms with Crippen molar-refractivity contribution in [2.45, 2.75) is 0 Å². The fraction of sp³-hybridized carbons (Fsp3) is 0. The van der Waals surface area contributed by atoms with Crippen molar-refractivity contribution in [3.05, 3.63) is 101 Å². The van der Waals surface area contributed by atoms with Gasteiger partial charge in [-0.3, -0.25) is 9.59 Å². The van der Waals surface area contributed by atoms with Crippen LogP contribution in [0.2, 0.25) is 0 Å². The molecule has 0 heterocycles. The topological polar surface area (TPSA) is 70.6 Å². The monoisotopic (exact) mass is 379 g/mol. The molecule has 2 N–H and O–H groups in total. The summed E-state index contributed by atoms with van der Waals surface area (Å²) in [4.78, 5) is 24.4. The molecule has 3 aromatic carbocycles. The van der Waals surface area contributed by atoms with Crippen LogP contribution >= 0.6 is 0 Å². The molecular weight excluding hydrogens is 364 g/mol. The van der Waals surface area contributed by atoms with Crippen LogP contribution in [-0.2, 0) is 0 Å². The van der Waals surface area contributed by atoms with E-state index in [1.54, 1.807) is 18.2 Å². The molecular formula is C21H15F2N3O2. The van der Waals surface area contributed by atoms with Crippen LogP contribution in [-0.4, -0.2) is 18.0 Å². The van der Waals surface area contributed by atoms with Gasteiger partial charge in [-0.05, 0) is 60.2 Å². The highest BCUT2D eigenvalue weighted by Crippen LogP contribution is 2.13. The molecule has 0 atom stereocenters. The first-order valence-electron chi connectivity index (χ1n) is 8.27. The van der Waals surface area contributed by atoms with Crippen LogP contribution in [0.5, 0.6) is 0 Å². The molecule has 140 valence electrons. The summed E-state index contributed by atoms with van der Waals surface area (Å²) in [5.41, 5.74) is 3.97. The maximum atomic E-state index is 12.9. The lowest BCUT2D eigenvalue weighted by Crippen LogP contribution is -2.18. The number of carbonyl (C=O) groups is 2. The molecule has 0 aliphatic carbocycles.